The zero-order valence-corrected chi connectivity index (χ0v) is 12.2. The molecule has 0 saturated carbocycles. The monoisotopic (exact) mass is 312 g/mol. The van der Waals surface area contributed by atoms with Crippen LogP contribution in [0.4, 0.5) is 0 Å². The number of aliphatic imine (C=N–C) groups is 1. The number of nitrogens with two attached hydrogens (primary N) is 1. The molecule has 0 spiro atoms. The lowest BCUT2D eigenvalue weighted by Crippen LogP contribution is -2.20. The molecule has 0 aromatic heterocycles. The second-order valence-electron chi connectivity index (χ2n) is 4.26. The molecule has 2 heterocycles. The Kier molecular flexibility index (Phi) is 3.19. The van der Waals surface area contributed by atoms with E-state index in [9.17, 15) is 8.42 Å². The summed E-state index contributed by atoms with van der Waals surface area (Å²) in [6.45, 7) is 0.474. The molecule has 7 nitrogen and oxygen atoms in total. The largest absolute Gasteiger partial charge is 0.496 e. The standard InChI is InChI=1S/C11H12N4O3S2/c1-18-9-5-3-2-4-7(9)8-6-15-10(13-8)19-11(14-15)20(12,16)17/h2-5,8H,6H2,1H3,(H2,12,16,17). The van der Waals surface area contributed by atoms with Gasteiger partial charge in [0.25, 0.3) is 10.0 Å². The molecule has 0 radical (unpaired) electrons. The summed E-state index contributed by atoms with van der Waals surface area (Å²) in [4.78, 5) is 4.48. The van der Waals surface area contributed by atoms with Crippen molar-refractivity contribution in [2.24, 2.45) is 15.2 Å². The Morgan fingerprint density at radius 2 is 2.20 bits per heavy atom. The van der Waals surface area contributed by atoms with Crippen LogP contribution < -0.4 is 9.88 Å². The quantitative estimate of drug-likeness (QED) is 0.867. The predicted molar refractivity (Wildman–Crippen MR) is 78.0 cm³/mol. The third-order valence-electron chi connectivity index (χ3n) is 2.96. The Bertz CT molecular complexity index is 714. The molecule has 0 fully saturated rings. The number of para-hydroxylation sites is 1. The third kappa shape index (κ3) is 2.28. The lowest BCUT2D eigenvalue weighted by atomic mass is 10.1. The number of hydrazone groups is 1. The van der Waals surface area contributed by atoms with E-state index in [2.05, 4.69) is 10.1 Å². The van der Waals surface area contributed by atoms with E-state index in [4.69, 9.17) is 9.88 Å². The van der Waals surface area contributed by atoms with Crippen LogP contribution in [0.1, 0.15) is 11.6 Å². The van der Waals surface area contributed by atoms with E-state index in [-0.39, 0.29) is 10.4 Å². The van der Waals surface area contributed by atoms with E-state index in [0.29, 0.717) is 11.7 Å². The van der Waals surface area contributed by atoms with Crippen molar-refractivity contribution >= 4 is 31.3 Å². The van der Waals surface area contributed by atoms with Gasteiger partial charge in [0.15, 0.2) is 5.17 Å². The van der Waals surface area contributed by atoms with Gasteiger partial charge in [-0.2, -0.15) is 0 Å². The normalized spacial score (nSPS) is 21.5. The first-order chi connectivity index (χ1) is 9.49. The number of methoxy groups -OCH3 is 1. The zero-order chi connectivity index (χ0) is 14.3. The van der Waals surface area contributed by atoms with Crippen LogP contribution >= 0.6 is 11.8 Å². The molecule has 1 aromatic carbocycles. The summed E-state index contributed by atoms with van der Waals surface area (Å²) in [5.41, 5.74) is 0.949. The number of ether oxygens (including phenoxy) is 1. The SMILES string of the molecule is COc1ccccc1C1CN2N=C(S(N)(=O)=O)SC2=N1. The van der Waals surface area contributed by atoms with Crippen molar-refractivity contribution in [3.8, 4) is 5.75 Å². The van der Waals surface area contributed by atoms with Gasteiger partial charge in [-0.15, -0.1) is 5.10 Å². The molecule has 3 rings (SSSR count). The van der Waals surface area contributed by atoms with Gasteiger partial charge in [-0.05, 0) is 17.8 Å². The number of benzene rings is 1. The maximum absolute atomic E-state index is 11.2. The zero-order valence-electron chi connectivity index (χ0n) is 10.6. The maximum Gasteiger partial charge on any atom is 0.264 e. The third-order valence-corrected chi connectivity index (χ3v) is 5.23. The van der Waals surface area contributed by atoms with Crippen LogP contribution in [-0.4, -0.2) is 36.6 Å². The molecule has 106 valence electrons. The summed E-state index contributed by atoms with van der Waals surface area (Å²) < 4.78 is 27.7. The van der Waals surface area contributed by atoms with Gasteiger partial charge in [0.1, 0.15) is 11.8 Å². The fourth-order valence-electron chi connectivity index (χ4n) is 2.07. The molecule has 1 aromatic rings. The summed E-state index contributed by atoms with van der Waals surface area (Å²) in [7, 11) is -2.17. The van der Waals surface area contributed by atoms with Gasteiger partial charge >= 0.3 is 0 Å². The van der Waals surface area contributed by atoms with E-state index in [0.717, 1.165) is 23.1 Å². The van der Waals surface area contributed by atoms with Crippen molar-refractivity contribution < 1.29 is 13.2 Å². The van der Waals surface area contributed by atoms with Crippen LogP contribution in [0.5, 0.6) is 5.75 Å². The number of sulfonamides is 1. The highest BCUT2D eigenvalue weighted by atomic mass is 32.3. The fraction of sp³-hybridized carbons (Fsp3) is 0.273. The van der Waals surface area contributed by atoms with E-state index < -0.39 is 10.0 Å². The van der Waals surface area contributed by atoms with E-state index in [1.807, 2.05) is 24.3 Å². The van der Waals surface area contributed by atoms with Crippen molar-refractivity contribution in [3.05, 3.63) is 29.8 Å². The van der Waals surface area contributed by atoms with Gasteiger partial charge in [-0.3, -0.25) is 4.99 Å². The number of hydrogen-bond donors (Lipinski definition) is 1. The first-order valence-electron chi connectivity index (χ1n) is 5.76. The van der Waals surface area contributed by atoms with Crippen LogP contribution in [0.25, 0.3) is 0 Å². The van der Waals surface area contributed by atoms with Crippen molar-refractivity contribution in [2.45, 2.75) is 6.04 Å². The molecule has 1 unspecified atom stereocenters. The Balaban J connectivity index is 1.86. The molecule has 9 heteroatoms. The summed E-state index contributed by atoms with van der Waals surface area (Å²) in [5.74, 6) is 0.753. The Labute approximate surface area is 120 Å². The molecule has 0 bridgehead atoms. The second-order valence-corrected chi connectivity index (χ2v) is 6.96. The summed E-state index contributed by atoms with van der Waals surface area (Å²) in [5, 5.41) is 11.1. The van der Waals surface area contributed by atoms with Crippen LogP contribution in [0.3, 0.4) is 0 Å². The van der Waals surface area contributed by atoms with Gasteiger partial charge < -0.3 is 4.74 Å². The average molecular weight is 312 g/mol. The summed E-state index contributed by atoms with van der Waals surface area (Å²) >= 11 is 0.972. The van der Waals surface area contributed by atoms with E-state index in [1.54, 1.807) is 12.1 Å². The lowest BCUT2D eigenvalue weighted by molar-refractivity contribution is 0.399. The van der Waals surface area contributed by atoms with Gasteiger partial charge in [-0.25, -0.2) is 18.6 Å². The molecule has 0 saturated heterocycles. The predicted octanol–water partition coefficient (Wildman–Crippen LogP) is 0.714. The Morgan fingerprint density at radius 1 is 1.45 bits per heavy atom. The number of nitrogens with zero attached hydrogens (tertiary/aromatic N) is 3. The second kappa shape index (κ2) is 4.76. The molecule has 2 aliphatic heterocycles. The molecule has 1 atom stereocenters. The first-order valence-corrected chi connectivity index (χ1v) is 8.13. The molecule has 2 N–H and O–H groups in total. The fourth-order valence-corrected chi connectivity index (χ4v) is 3.66. The smallest absolute Gasteiger partial charge is 0.264 e. The van der Waals surface area contributed by atoms with Crippen molar-refractivity contribution in [1.82, 2.24) is 5.01 Å². The minimum absolute atomic E-state index is 0.116. The number of amidine groups is 1. The number of thioether (sulfide) groups is 1. The number of primary sulfonamides is 1. The van der Waals surface area contributed by atoms with Crippen LogP contribution in [0.2, 0.25) is 0 Å². The lowest BCUT2D eigenvalue weighted by Gasteiger charge is -2.13. The van der Waals surface area contributed by atoms with E-state index in [1.165, 1.54) is 0 Å². The van der Waals surface area contributed by atoms with Gasteiger partial charge in [0, 0.05) is 5.56 Å². The summed E-state index contributed by atoms with van der Waals surface area (Å²) in [6.07, 6.45) is 0. The molecule has 0 aliphatic carbocycles. The van der Waals surface area contributed by atoms with Crippen LogP contribution in [0.15, 0.2) is 34.4 Å². The van der Waals surface area contributed by atoms with Crippen molar-refractivity contribution in [1.29, 1.82) is 0 Å². The molecular formula is C11H12N4O3S2. The molecule has 0 amide bonds. The average Bonchev–Trinajstić information content (AvgIpc) is 2.96. The molecular weight excluding hydrogens is 300 g/mol. The highest BCUT2D eigenvalue weighted by Crippen LogP contribution is 2.37. The topological polar surface area (TPSA) is 97.3 Å². The Hall–Kier alpha value is -1.58. The van der Waals surface area contributed by atoms with Gasteiger partial charge in [0.05, 0.1) is 13.7 Å². The van der Waals surface area contributed by atoms with Gasteiger partial charge in [-0.1, -0.05) is 18.2 Å². The Morgan fingerprint density at radius 3 is 2.85 bits per heavy atom. The molecule has 20 heavy (non-hydrogen) atoms. The maximum atomic E-state index is 11.2. The van der Waals surface area contributed by atoms with Crippen LogP contribution in [0, 0.1) is 0 Å². The van der Waals surface area contributed by atoms with E-state index >= 15 is 0 Å². The minimum Gasteiger partial charge on any atom is -0.496 e. The number of fused-ring (bicyclic) bond motifs is 1. The van der Waals surface area contributed by atoms with Crippen molar-refractivity contribution in [2.75, 3.05) is 13.7 Å². The highest BCUT2D eigenvalue weighted by Gasteiger charge is 2.37. The first kappa shape index (κ1) is 13.4. The summed E-state index contributed by atoms with van der Waals surface area (Å²) in [6, 6.07) is 7.47. The van der Waals surface area contributed by atoms with Crippen molar-refractivity contribution in [3.63, 3.8) is 0 Å². The minimum atomic E-state index is -3.77. The number of rotatable bonds is 2. The molecule has 2 aliphatic rings. The van der Waals surface area contributed by atoms with Crippen LogP contribution in [-0.2, 0) is 10.0 Å². The number of hydrogen-bond acceptors (Lipinski definition) is 7. The highest BCUT2D eigenvalue weighted by molar-refractivity contribution is 8.42. The van der Waals surface area contributed by atoms with Gasteiger partial charge in [0.2, 0.25) is 4.38 Å².